The van der Waals surface area contributed by atoms with Crippen LogP contribution in [0.4, 0.5) is 13.6 Å². The van der Waals surface area contributed by atoms with Gasteiger partial charge in [-0.05, 0) is 30.6 Å². The minimum Gasteiger partial charge on any atom is -0.386 e. The Kier molecular flexibility index (Phi) is 7.32. The number of aliphatic hydroxyl groups is 1. The van der Waals surface area contributed by atoms with Gasteiger partial charge in [0, 0.05) is 13.1 Å². The van der Waals surface area contributed by atoms with Gasteiger partial charge in [0.2, 0.25) is 0 Å². The van der Waals surface area contributed by atoms with Crippen molar-refractivity contribution in [2.75, 3.05) is 25.1 Å². The first-order valence-electron chi connectivity index (χ1n) is 6.19. The molecule has 3 N–H and O–H groups in total. The first-order valence-corrected chi connectivity index (χ1v) is 7.58. The zero-order valence-corrected chi connectivity index (χ0v) is 12.0. The number of hydrogen-bond acceptors (Lipinski definition) is 3. The Hall–Kier alpha value is -1.34. The van der Waals surface area contributed by atoms with Gasteiger partial charge in [-0.2, -0.15) is 11.8 Å². The fourth-order valence-electron chi connectivity index (χ4n) is 1.60. The zero-order chi connectivity index (χ0) is 15.0. The SMILES string of the molecule is CSCCCNC(=O)NCC(O)c1c(F)cccc1F. The molecule has 0 bridgehead atoms. The highest BCUT2D eigenvalue weighted by Gasteiger charge is 2.18. The van der Waals surface area contributed by atoms with Gasteiger partial charge in [-0.1, -0.05) is 6.07 Å². The van der Waals surface area contributed by atoms with Crippen LogP contribution in [0.15, 0.2) is 18.2 Å². The highest BCUT2D eigenvalue weighted by Crippen LogP contribution is 2.19. The summed E-state index contributed by atoms with van der Waals surface area (Å²) in [6.45, 7) is 0.253. The van der Waals surface area contributed by atoms with Gasteiger partial charge in [0.25, 0.3) is 0 Å². The van der Waals surface area contributed by atoms with Crippen molar-refractivity contribution in [2.24, 2.45) is 0 Å². The smallest absolute Gasteiger partial charge is 0.314 e. The van der Waals surface area contributed by atoms with Crippen molar-refractivity contribution in [1.82, 2.24) is 10.6 Å². The Labute approximate surface area is 120 Å². The molecule has 2 amide bonds. The molecule has 0 saturated carbocycles. The lowest BCUT2D eigenvalue weighted by atomic mass is 10.1. The molecule has 20 heavy (non-hydrogen) atoms. The summed E-state index contributed by atoms with van der Waals surface area (Å²) in [7, 11) is 0. The van der Waals surface area contributed by atoms with Crippen LogP contribution in [-0.4, -0.2) is 36.2 Å². The molecule has 1 aromatic carbocycles. The predicted octanol–water partition coefficient (Wildman–Crippen LogP) is 2.05. The summed E-state index contributed by atoms with van der Waals surface area (Å²) < 4.78 is 26.8. The Morgan fingerprint density at radius 3 is 2.60 bits per heavy atom. The van der Waals surface area contributed by atoms with Crippen LogP contribution in [0.2, 0.25) is 0 Å². The van der Waals surface area contributed by atoms with E-state index in [-0.39, 0.29) is 6.54 Å². The molecule has 0 saturated heterocycles. The lowest BCUT2D eigenvalue weighted by Crippen LogP contribution is -2.38. The number of carbonyl (C=O) groups is 1. The quantitative estimate of drug-likeness (QED) is 0.676. The molecule has 1 unspecified atom stereocenters. The van der Waals surface area contributed by atoms with Crippen molar-refractivity contribution in [3.63, 3.8) is 0 Å². The molecule has 1 atom stereocenters. The summed E-state index contributed by atoms with van der Waals surface area (Å²) in [5.41, 5.74) is -0.435. The number of amides is 2. The molecule has 0 radical (unpaired) electrons. The van der Waals surface area contributed by atoms with E-state index in [9.17, 15) is 18.7 Å². The van der Waals surface area contributed by atoms with E-state index in [1.807, 2.05) is 6.26 Å². The largest absolute Gasteiger partial charge is 0.386 e. The van der Waals surface area contributed by atoms with Crippen LogP contribution >= 0.6 is 11.8 Å². The van der Waals surface area contributed by atoms with Crippen molar-refractivity contribution in [2.45, 2.75) is 12.5 Å². The van der Waals surface area contributed by atoms with Gasteiger partial charge in [0.05, 0.1) is 5.56 Å². The van der Waals surface area contributed by atoms with Crippen LogP contribution < -0.4 is 10.6 Å². The molecule has 0 heterocycles. The molecule has 0 aliphatic heterocycles. The van der Waals surface area contributed by atoms with Crippen molar-refractivity contribution in [3.05, 3.63) is 35.4 Å². The van der Waals surface area contributed by atoms with Gasteiger partial charge in [0.1, 0.15) is 17.7 Å². The first kappa shape index (κ1) is 16.7. The highest BCUT2D eigenvalue weighted by molar-refractivity contribution is 7.98. The van der Waals surface area contributed by atoms with E-state index in [2.05, 4.69) is 10.6 Å². The van der Waals surface area contributed by atoms with E-state index in [4.69, 9.17) is 0 Å². The number of hydrogen-bond donors (Lipinski definition) is 3. The van der Waals surface area contributed by atoms with Gasteiger partial charge in [0.15, 0.2) is 0 Å². The Morgan fingerprint density at radius 2 is 2.00 bits per heavy atom. The molecule has 7 heteroatoms. The standard InChI is InChI=1S/C13H18F2N2O2S/c1-20-7-3-6-16-13(19)17-8-11(18)12-9(14)4-2-5-10(12)15/h2,4-5,11,18H,3,6-8H2,1H3,(H2,16,17,19). The summed E-state index contributed by atoms with van der Waals surface area (Å²) >= 11 is 1.68. The van der Waals surface area contributed by atoms with Gasteiger partial charge in [-0.15, -0.1) is 0 Å². The van der Waals surface area contributed by atoms with Gasteiger partial charge < -0.3 is 15.7 Å². The number of nitrogens with one attached hydrogen (secondary N) is 2. The number of halogens is 2. The van der Waals surface area contributed by atoms with Crippen molar-refractivity contribution in [3.8, 4) is 0 Å². The molecule has 0 aliphatic carbocycles. The first-order chi connectivity index (χ1) is 9.56. The summed E-state index contributed by atoms with van der Waals surface area (Å²) in [6.07, 6.45) is 1.38. The van der Waals surface area contributed by atoms with Gasteiger partial charge in [-0.25, -0.2) is 13.6 Å². The number of carbonyl (C=O) groups excluding carboxylic acids is 1. The summed E-state index contributed by atoms with van der Waals surface area (Å²) in [6, 6.07) is 2.86. The van der Waals surface area contributed by atoms with E-state index in [1.54, 1.807) is 11.8 Å². The molecular weight excluding hydrogens is 286 g/mol. The summed E-state index contributed by atoms with van der Waals surface area (Å²) in [5, 5.41) is 14.7. The van der Waals surface area contributed by atoms with Gasteiger partial charge >= 0.3 is 6.03 Å². The van der Waals surface area contributed by atoms with Crippen LogP contribution in [0.1, 0.15) is 18.1 Å². The average molecular weight is 304 g/mol. The number of thioether (sulfide) groups is 1. The lowest BCUT2D eigenvalue weighted by molar-refractivity contribution is 0.164. The van der Waals surface area contributed by atoms with E-state index in [0.717, 1.165) is 24.3 Å². The Morgan fingerprint density at radius 1 is 1.35 bits per heavy atom. The van der Waals surface area contributed by atoms with E-state index in [1.165, 1.54) is 6.07 Å². The maximum absolute atomic E-state index is 13.4. The predicted molar refractivity (Wildman–Crippen MR) is 75.7 cm³/mol. The number of aliphatic hydroxyl groups excluding tert-OH is 1. The number of benzene rings is 1. The lowest BCUT2D eigenvalue weighted by Gasteiger charge is -2.14. The normalized spacial score (nSPS) is 12.0. The third-order valence-corrected chi connectivity index (χ3v) is 3.30. The fraction of sp³-hybridized carbons (Fsp3) is 0.462. The Balaban J connectivity index is 2.39. The molecule has 0 fully saturated rings. The van der Waals surface area contributed by atoms with Crippen LogP contribution in [0, 0.1) is 11.6 Å². The van der Waals surface area contributed by atoms with Gasteiger partial charge in [-0.3, -0.25) is 0 Å². The van der Waals surface area contributed by atoms with E-state index < -0.39 is 29.3 Å². The van der Waals surface area contributed by atoms with E-state index in [0.29, 0.717) is 6.54 Å². The topological polar surface area (TPSA) is 61.4 Å². The third kappa shape index (κ3) is 5.34. The molecule has 1 aromatic rings. The molecule has 0 aromatic heterocycles. The number of rotatable bonds is 7. The molecular formula is C13H18F2N2O2S. The Bertz CT molecular complexity index is 426. The maximum atomic E-state index is 13.4. The zero-order valence-electron chi connectivity index (χ0n) is 11.2. The van der Waals surface area contributed by atoms with Crippen LogP contribution in [-0.2, 0) is 0 Å². The third-order valence-electron chi connectivity index (χ3n) is 2.60. The van der Waals surface area contributed by atoms with Crippen LogP contribution in [0.25, 0.3) is 0 Å². The van der Waals surface area contributed by atoms with Crippen molar-refractivity contribution in [1.29, 1.82) is 0 Å². The summed E-state index contributed by atoms with van der Waals surface area (Å²) in [4.78, 5) is 11.4. The molecule has 112 valence electrons. The second-order valence-electron chi connectivity index (χ2n) is 4.13. The monoisotopic (exact) mass is 304 g/mol. The van der Waals surface area contributed by atoms with Crippen LogP contribution in [0.3, 0.4) is 0 Å². The minimum atomic E-state index is -1.42. The van der Waals surface area contributed by atoms with Crippen molar-refractivity contribution >= 4 is 17.8 Å². The molecule has 0 aliphatic rings. The molecule has 4 nitrogen and oxygen atoms in total. The summed E-state index contributed by atoms with van der Waals surface area (Å²) in [5.74, 6) is -0.733. The minimum absolute atomic E-state index is 0.258. The average Bonchev–Trinajstić information content (AvgIpc) is 2.41. The highest BCUT2D eigenvalue weighted by atomic mass is 32.2. The number of urea groups is 1. The second kappa shape index (κ2) is 8.76. The van der Waals surface area contributed by atoms with E-state index >= 15 is 0 Å². The fourth-order valence-corrected chi connectivity index (χ4v) is 2.03. The molecule has 1 rings (SSSR count). The van der Waals surface area contributed by atoms with Crippen molar-refractivity contribution < 1.29 is 18.7 Å². The maximum Gasteiger partial charge on any atom is 0.314 e. The van der Waals surface area contributed by atoms with Crippen LogP contribution in [0.5, 0.6) is 0 Å². The second-order valence-corrected chi connectivity index (χ2v) is 5.12. The molecule has 0 spiro atoms.